The van der Waals surface area contributed by atoms with Crippen molar-refractivity contribution in [3.63, 3.8) is 0 Å². The van der Waals surface area contributed by atoms with Crippen LogP contribution in [0.15, 0.2) is 24.3 Å². The van der Waals surface area contributed by atoms with Gasteiger partial charge in [0.1, 0.15) is 0 Å². The van der Waals surface area contributed by atoms with Crippen molar-refractivity contribution in [2.45, 2.75) is 32.8 Å². The van der Waals surface area contributed by atoms with Gasteiger partial charge in [-0.3, -0.25) is 0 Å². The molecule has 0 radical (unpaired) electrons. The number of rotatable bonds is 7. The van der Waals surface area contributed by atoms with Crippen molar-refractivity contribution in [3.8, 4) is 0 Å². The average molecular weight is 237 g/mol. The summed E-state index contributed by atoms with van der Waals surface area (Å²) in [6.45, 7) is 6.09. The Morgan fingerprint density at radius 3 is 2.29 bits per heavy atom. The molecule has 1 rings (SSSR count). The van der Waals surface area contributed by atoms with E-state index in [2.05, 4.69) is 11.8 Å². The number of aliphatic hydroxyl groups is 2. The van der Waals surface area contributed by atoms with Crippen LogP contribution in [0.3, 0.4) is 0 Å². The van der Waals surface area contributed by atoms with Gasteiger partial charge in [-0.2, -0.15) is 0 Å². The minimum Gasteiger partial charge on any atom is -0.396 e. The minimum atomic E-state index is -0.364. The van der Waals surface area contributed by atoms with E-state index in [9.17, 15) is 5.11 Å². The predicted molar refractivity (Wildman–Crippen MR) is 71.3 cm³/mol. The summed E-state index contributed by atoms with van der Waals surface area (Å²) in [6.07, 6.45) is 1.16. The second kappa shape index (κ2) is 7.30. The van der Waals surface area contributed by atoms with Gasteiger partial charge in [0.2, 0.25) is 0 Å². The fourth-order valence-corrected chi connectivity index (χ4v) is 1.87. The van der Waals surface area contributed by atoms with E-state index in [-0.39, 0.29) is 12.7 Å². The average Bonchev–Trinajstić information content (AvgIpc) is 2.39. The molecule has 0 fully saturated rings. The summed E-state index contributed by atoms with van der Waals surface area (Å²) >= 11 is 0. The zero-order valence-corrected chi connectivity index (χ0v) is 10.8. The summed E-state index contributed by atoms with van der Waals surface area (Å²) in [5, 5.41) is 18.6. The lowest BCUT2D eigenvalue weighted by atomic mass is 10.1. The maximum Gasteiger partial charge on any atom is 0.0787 e. The first-order valence-corrected chi connectivity index (χ1v) is 6.36. The molecule has 3 heteroatoms. The third-order valence-corrected chi connectivity index (χ3v) is 3.00. The van der Waals surface area contributed by atoms with Gasteiger partial charge in [0.05, 0.1) is 6.10 Å². The van der Waals surface area contributed by atoms with Gasteiger partial charge < -0.3 is 15.1 Å². The Labute approximate surface area is 104 Å². The van der Waals surface area contributed by atoms with Crippen LogP contribution in [-0.2, 0) is 0 Å². The Bertz CT molecular complexity index is 311. The normalized spacial score (nSPS) is 12.5. The lowest BCUT2D eigenvalue weighted by Gasteiger charge is -2.23. The number of benzene rings is 1. The van der Waals surface area contributed by atoms with E-state index in [4.69, 9.17) is 5.11 Å². The third kappa shape index (κ3) is 4.02. The van der Waals surface area contributed by atoms with Gasteiger partial charge in [0.15, 0.2) is 0 Å². The van der Waals surface area contributed by atoms with Crippen LogP contribution < -0.4 is 4.90 Å². The molecule has 96 valence electrons. The Morgan fingerprint density at radius 2 is 1.82 bits per heavy atom. The summed E-state index contributed by atoms with van der Waals surface area (Å²) in [5.74, 6) is 0. The zero-order valence-electron chi connectivity index (χ0n) is 10.8. The molecule has 0 heterocycles. The standard InChI is InChI=1S/C14H23NO2/c1-3-14(17)12-6-8-13(9-7-12)15(4-2)10-5-11-16/h6-9,14,16-17H,3-5,10-11H2,1-2H3/t14-/m1/s1. The third-order valence-electron chi connectivity index (χ3n) is 3.00. The quantitative estimate of drug-likeness (QED) is 0.765. The lowest BCUT2D eigenvalue weighted by molar-refractivity contribution is 0.173. The van der Waals surface area contributed by atoms with E-state index in [0.29, 0.717) is 0 Å². The van der Waals surface area contributed by atoms with E-state index in [1.165, 1.54) is 0 Å². The number of aliphatic hydroxyl groups excluding tert-OH is 2. The van der Waals surface area contributed by atoms with E-state index >= 15 is 0 Å². The molecule has 3 nitrogen and oxygen atoms in total. The number of nitrogens with zero attached hydrogens (tertiary/aromatic N) is 1. The van der Waals surface area contributed by atoms with E-state index in [1.54, 1.807) is 0 Å². The molecular weight excluding hydrogens is 214 g/mol. The molecule has 1 atom stereocenters. The molecule has 0 unspecified atom stereocenters. The fraction of sp³-hybridized carbons (Fsp3) is 0.571. The van der Waals surface area contributed by atoms with Crippen molar-refractivity contribution in [1.29, 1.82) is 0 Å². The summed E-state index contributed by atoms with van der Waals surface area (Å²) < 4.78 is 0. The zero-order chi connectivity index (χ0) is 12.7. The van der Waals surface area contributed by atoms with Crippen LogP contribution in [0, 0.1) is 0 Å². The molecule has 1 aromatic rings. The number of hydrogen-bond acceptors (Lipinski definition) is 3. The molecule has 0 aliphatic rings. The Kier molecular flexibility index (Phi) is 6.01. The second-order valence-electron chi connectivity index (χ2n) is 4.17. The first-order valence-electron chi connectivity index (χ1n) is 6.36. The highest BCUT2D eigenvalue weighted by Gasteiger charge is 2.07. The Morgan fingerprint density at radius 1 is 1.18 bits per heavy atom. The van der Waals surface area contributed by atoms with Crippen LogP contribution in [0.1, 0.15) is 38.4 Å². The van der Waals surface area contributed by atoms with Crippen molar-refractivity contribution in [2.75, 3.05) is 24.6 Å². The molecule has 0 saturated carbocycles. The first-order chi connectivity index (χ1) is 8.22. The van der Waals surface area contributed by atoms with Crippen LogP contribution in [0.5, 0.6) is 0 Å². The van der Waals surface area contributed by atoms with E-state index in [0.717, 1.165) is 37.2 Å². The molecule has 0 saturated heterocycles. The fourth-order valence-electron chi connectivity index (χ4n) is 1.87. The van der Waals surface area contributed by atoms with Crippen LogP contribution in [-0.4, -0.2) is 29.9 Å². The number of hydrogen-bond donors (Lipinski definition) is 2. The molecule has 1 aromatic carbocycles. The molecular formula is C14H23NO2. The summed E-state index contributed by atoms with van der Waals surface area (Å²) in [6, 6.07) is 8.03. The van der Waals surface area contributed by atoms with Crippen molar-refractivity contribution >= 4 is 5.69 Å². The van der Waals surface area contributed by atoms with Crippen LogP contribution >= 0.6 is 0 Å². The SMILES string of the molecule is CC[C@@H](O)c1ccc(N(CC)CCCO)cc1. The lowest BCUT2D eigenvalue weighted by Crippen LogP contribution is -2.24. The summed E-state index contributed by atoms with van der Waals surface area (Å²) in [4.78, 5) is 2.22. The Balaban J connectivity index is 2.70. The largest absolute Gasteiger partial charge is 0.396 e. The maximum atomic E-state index is 9.71. The minimum absolute atomic E-state index is 0.225. The van der Waals surface area contributed by atoms with Gasteiger partial charge in [0.25, 0.3) is 0 Å². The molecule has 0 spiro atoms. The highest BCUT2D eigenvalue weighted by Crippen LogP contribution is 2.21. The van der Waals surface area contributed by atoms with Crippen molar-refractivity contribution in [2.24, 2.45) is 0 Å². The van der Waals surface area contributed by atoms with Crippen molar-refractivity contribution in [3.05, 3.63) is 29.8 Å². The second-order valence-corrected chi connectivity index (χ2v) is 4.17. The monoisotopic (exact) mass is 237 g/mol. The molecule has 0 bridgehead atoms. The molecule has 0 amide bonds. The van der Waals surface area contributed by atoms with Gasteiger partial charge in [-0.1, -0.05) is 19.1 Å². The highest BCUT2D eigenvalue weighted by atomic mass is 16.3. The van der Waals surface area contributed by atoms with Gasteiger partial charge >= 0.3 is 0 Å². The highest BCUT2D eigenvalue weighted by molar-refractivity contribution is 5.47. The molecule has 17 heavy (non-hydrogen) atoms. The van der Waals surface area contributed by atoms with Crippen LogP contribution in [0.25, 0.3) is 0 Å². The van der Waals surface area contributed by atoms with Crippen molar-refractivity contribution in [1.82, 2.24) is 0 Å². The Hall–Kier alpha value is -1.06. The van der Waals surface area contributed by atoms with Gasteiger partial charge in [-0.05, 0) is 37.5 Å². The van der Waals surface area contributed by atoms with Gasteiger partial charge in [-0.15, -0.1) is 0 Å². The first kappa shape index (κ1) is 14.0. The van der Waals surface area contributed by atoms with Gasteiger partial charge in [0, 0.05) is 25.4 Å². The maximum absolute atomic E-state index is 9.71. The van der Waals surface area contributed by atoms with Crippen molar-refractivity contribution < 1.29 is 10.2 Å². The van der Waals surface area contributed by atoms with Gasteiger partial charge in [-0.25, -0.2) is 0 Å². The predicted octanol–water partition coefficient (Wildman–Crippen LogP) is 2.34. The molecule has 2 N–H and O–H groups in total. The van der Waals surface area contributed by atoms with E-state index < -0.39 is 0 Å². The molecule has 0 aromatic heterocycles. The number of anilines is 1. The topological polar surface area (TPSA) is 43.7 Å². The molecule has 0 aliphatic heterocycles. The summed E-state index contributed by atoms with van der Waals surface area (Å²) in [7, 11) is 0. The summed E-state index contributed by atoms with van der Waals surface area (Å²) in [5.41, 5.74) is 2.11. The molecule has 0 aliphatic carbocycles. The van der Waals surface area contributed by atoms with Crippen LogP contribution in [0.4, 0.5) is 5.69 Å². The van der Waals surface area contributed by atoms with Crippen LogP contribution in [0.2, 0.25) is 0 Å². The smallest absolute Gasteiger partial charge is 0.0787 e. The van der Waals surface area contributed by atoms with E-state index in [1.807, 2.05) is 31.2 Å².